The Morgan fingerprint density at radius 2 is 1.96 bits per heavy atom. The molecule has 2 N–H and O–H groups in total. The molecule has 0 radical (unpaired) electrons. The monoisotopic (exact) mass is 328 g/mol. The lowest BCUT2D eigenvalue weighted by Gasteiger charge is -2.05. The quantitative estimate of drug-likeness (QED) is 0.547. The number of rotatable bonds is 2. The lowest BCUT2D eigenvalue weighted by atomic mass is 10.0. The van der Waals surface area contributed by atoms with Crippen LogP contribution < -0.4 is 0 Å². The molecular weight excluding hydrogens is 318 g/mol. The molecule has 4 rings (SSSR count). The van der Waals surface area contributed by atoms with Crippen LogP contribution in [0.4, 0.5) is 8.78 Å². The van der Waals surface area contributed by atoms with Crippen molar-refractivity contribution in [2.45, 2.75) is 0 Å². The van der Waals surface area contributed by atoms with Gasteiger partial charge in [-0.1, -0.05) is 0 Å². The van der Waals surface area contributed by atoms with Crippen LogP contribution in [0.1, 0.15) is 0 Å². The summed E-state index contributed by atoms with van der Waals surface area (Å²) < 4.78 is 27.1. The van der Waals surface area contributed by atoms with Gasteiger partial charge in [-0.2, -0.15) is 11.3 Å². The fourth-order valence-electron chi connectivity index (χ4n) is 2.58. The van der Waals surface area contributed by atoms with Gasteiger partial charge in [0.1, 0.15) is 11.5 Å². The van der Waals surface area contributed by atoms with E-state index < -0.39 is 17.4 Å². The van der Waals surface area contributed by atoms with Crippen molar-refractivity contribution in [2.75, 3.05) is 0 Å². The molecule has 3 aromatic heterocycles. The molecule has 0 atom stereocenters. The first-order valence-electron chi connectivity index (χ1n) is 6.81. The largest absolute Gasteiger partial charge is 0.504 e. The van der Waals surface area contributed by atoms with E-state index in [-0.39, 0.29) is 5.56 Å². The van der Waals surface area contributed by atoms with Crippen molar-refractivity contribution in [3.05, 3.63) is 59.1 Å². The minimum atomic E-state index is -0.990. The van der Waals surface area contributed by atoms with Crippen molar-refractivity contribution < 1.29 is 13.9 Å². The summed E-state index contributed by atoms with van der Waals surface area (Å²) in [5.74, 6) is -2.31. The van der Waals surface area contributed by atoms with Crippen molar-refractivity contribution in [1.29, 1.82) is 0 Å². The third-order valence-corrected chi connectivity index (χ3v) is 4.39. The van der Waals surface area contributed by atoms with E-state index in [9.17, 15) is 13.9 Å². The molecule has 0 unspecified atom stereocenters. The second-order valence-electron chi connectivity index (χ2n) is 5.12. The van der Waals surface area contributed by atoms with Gasteiger partial charge in [-0.25, -0.2) is 13.8 Å². The van der Waals surface area contributed by atoms with Crippen molar-refractivity contribution >= 4 is 22.4 Å². The zero-order chi connectivity index (χ0) is 16.0. The first-order chi connectivity index (χ1) is 11.1. The average Bonchev–Trinajstić information content (AvgIpc) is 3.19. The van der Waals surface area contributed by atoms with Gasteiger partial charge in [0.25, 0.3) is 0 Å². The summed E-state index contributed by atoms with van der Waals surface area (Å²) in [5, 5.41) is 14.6. The van der Waals surface area contributed by atoms with Gasteiger partial charge in [-0.15, -0.1) is 0 Å². The van der Waals surface area contributed by atoms with E-state index in [1.165, 1.54) is 0 Å². The van der Waals surface area contributed by atoms with Gasteiger partial charge in [0.2, 0.25) is 0 Å². The molecule has 4 aromatic rings. The molecule has 114 valence electrons. The van der Waals surface area contributed by atoms with Crippen LogP contribution in [0.2, 0.25) is 0 Å². The average molecular weight is 328 g/mol. The third-order valence-electron chi connectivity index (χ3n) is 3.70. The van der Waals surface area contributed by atoms with Gasteiger partial charge in [0, 0.05) is 40.5 Å². The predicted molar refractivity (Wildman–Crippen MR) is 86.4 cm³/mol. The smallest absolute Gasteiger partial charge is 0.168 e. The van der Waals surface area contributed by atoms with Crippen LogP contribution >= 0.6 is 11.3 Å². The normalized spacial score (nSPS) is 11.2. The van der Waals surface area contributed by atoms with E-state index in [0.29, 0.717) is 22.7 Å². The SMILES string of the molecule is Oc1c(F)cc(F)cc1-c1c[nH]c2ncc(-c3ccsc3)cc12. The fourth-order valence-corrected chi connectivity index (χ4v) is 3.25. The van der Waals surface area contributed by atoms with Crippen LogP contribution in [-0.4, -0.2) is 15.1 Å². The Morgan fingerprint density at radius 3 is 2.74 bits per heavy atom. The Labute approximate surface area is 133 Å². The number of aromatic amines is 1. The summed E-state index contributed by atoms with van der Waals surface area (Å²) in [6.45, 7) is 0. The summed E-state index contributed by atoms with van der Waals surface area (Å²) in [6.07, 6.45) is 3.32. The van der Waals surface area contributed by atoms with Crippen molar-refractivity contribution in [3.8, 4) is 28.0 Å². The van der Waals surface area contributed by atoms with Gasteiger partial charge in [-0.05, 0) is 34.5 Å². The molecule has 3 heterocycles. The van der Waals surface area contributed by atoms with Gasteiger partial charge in [0.05, 0.1) is 0 Å². The highest BCUT2D eigenvalue weighted by molar-refractivity contribution is 7.08. The molecule has 0 aliphatic carbocycles. The van der Waals surface area contributed by atoms with Crippen molar-refractivity contribution in [1.82, 2.24) is 9.97 Å². The lowest BCUT2D eigenvalue weighted by Crippen LogP contribution is -1.86. The van der Waals surface area contributed by atoms with Crippen LogP contribution in [0.15, 0.2) is 47.4 Å². The summed E-state index contributed by atoms with van der Waals surface area (Å²) in [4.78, 5) is 7.30. The van der Waals surface area contributed by atoms with E-state index in [1.54, 1.807) is 23.7 Å². The number of phenolic OH excluding ortho intramolecular Hbond substituents is 1. The zero-order valence-corrected chi connectivity index (χ0v) is 12.5. The van der Waals surface area contributed by atoms with Gasteiger partial charge >= 0.3 is 0 Å². The number of halogens is 2. The molecule has 0 saturated heterocycles. The second-order valence-corrected chi connectivity index (χ2v) is 5.90. The molecule has 1 aromatic carbocycles. The van der Waals surface area contributed by atoms with Crippen molar-refractivity contribution in [2.24, 2.45) is 0 Å². The minimum Gasteiger partial charge on any atom is -0.504 e. The number of nitrogens with one attached hydrogen (secondary N) is 1. The Morgan fingerprint density at radius 1 is 1.09 bits per heavy atom. The molecule has 0 bridgehead atoms. The summed E-state index contributed by atoms with van der Waals surface area (Å²) in [6, 6.07) is 5.62. The summed E-state index contributed by atoms with van der Waals surface area (Å²) in [7, 11) is 0. The first kappa shape index (κ1) is 13.9. The number of phenols is 1. The number of pyridine rings is 1. The van der Waals surface area contributed by atoms with Gasteiger partial charge < -0.3 is 10.1 Å². The van der Waals surface area contributed by atoms with E-state index >= 15 is 0 Å². The highest BCUT2D eigenvalue weighted by Gasteiger charge is 2.16. The second kappa shape index (κ2) is 5.17. The third kappa shape index (κ3) is 2.27. The number of H-pyrrole nitrogens is 1. The summed E-state index contributed by atoms with van der Waals surface area (Å²) >= 11 is 1.57. The van der Waals surface area contributed by atoms with E-state index in [2.05, 4.69) is 9.97 Å². The van der Waals surface area contributed by atoms with Gasteiger partial charge in [-0.3, -0.25) is 0 Å². The Hall–Kier alpha value is -2.73. The first-order valence-corrected chi connectivity index (χ1v) is 7.76. The highest BCUT2D eigenvalue weighted by atomic mass is 32.1. The number of hydrogen-bond acceptors (Lipinski definition) is 3. The number of fused-ring (bicyclic) bond motifs is 1. The fraction of sp³-hybridized carbons (Fsp3) is 0. The molecule has 0 spiro atoms. The molecule has 0 aliphatic heterocycles. The zero-order valence-electron chi connectivity index (χ0n) is 11.7. The number of aromatic hydroxyl groups is 1. The Kier molecular flexibility index (Phi) is 3.12. The number of hydrogen-bond donors (Lipinski definition) is 2. The maximum atomic E-state index is 13.6. The van der Waals surface area contributed by atoms with E-state index in [1.807, 2.05) is 22.9 Å². The molecule has 0 fully saturated rings. The molecular formula is C17H10F2N2OS. The highest BCUT2D eigenvalue weighted by Crippen LogP contribution is 2.37. The molecule has 0 saturated carbocycles. The van der Waals surface area contributed by atoms with Crippen LogP contribution in [0, 0.1) is 11.6 Å². The lowest BCUT2D eigenvalue weighted by molar-refractivity contribution is 0.430. The van der Waals surface area contributed by atoms with Crippen LogP contribution in [0.5, 0.6) is 5.75 Å². The number of benzene rings is 1. The number of aromatic nitrogens is 2. The maximum Gasteiger partial charge on any atom is 0.168 e. The molecule has 3 nitrogen and oxygen atoms in total. The van der Waals surface area contributed by atoms with Crippen LogP contribution in [0.3, 0.4) is 0 Å². The van der Waals surface area contributed by atoms with Crippen LogP contribution in [-0.2, 0) is 0 Å². The standard InChI is InChI=1S/C17H10F2N2OS/c18-11-4-12(16(22)15(19)5-11)14-7-21-17-13(14)3-10(6-20-17)9-1-2-23-8-9/h1-8,22H,(H,20,21). The molecule has 0 amide bonds. The van der Waals surface area contributed by atoms with Crippen molar-refractivity contribution in [3.63, 3.8) is 0 Å². The minimum absolute atomic E-state index is 0.0954. The topological polar surface area (TPSA) is 48.9 Å². The number of thiophene rings is 1. The molecule has 6 heteroatoms. The predicted octanol–water partition coefficient (Wildman–Crippen LogP) is 4.94. The molecule has 0 aliphatic rings. The van der Waals surface area contributed by atoms with Gasteiger partial charge in [0.15, 0.2) is 11.6 Å². The Balaban J connectivity index is 1.96. The van der Waals surface area contributed by atoms with E-state index in [0.717, 1.165) is 17.2 Å². The molecule has 23 heavy (non-hydrogen) atoms. The van der Waals surface area contributed by atoms with Crippen LogP contribution in [0.25, 0.3) is 33.3 Å². The van der Waals surface area contributed by atoms with E-state index in [4.69, 9.17) is 0 Å². The maximum absolute atomic E-state index is 13.6. The Bertz CT molecular complexity index is 1010. The summed E-state index contributed by atoms with van der Waals surface area (Å²) in [5.41, 5.74) is 3.10. The number of nitrogens with zero attached hydrogens (tertiary/aromatic N) is 1.